The molecule has 0 aliphatic carbocycles. The van der Waals surface area contributed by atoms with Gasteiger partial charge in [0.2, 0.25) is 5.91 Å². The number of rotatable bonds is 10. The first kappa shape index (κ1) is 26.5. The quantitative estimate of drug-likeness (QED) is 0.379. The number of ether oxygens (including phenoxy) is 3. The number of hydrogen-bond donors (Lipinski definition) is 1. The molecule has 0 aromatic heterocycles. The van der Waals surface area contributed by atoms with Crippen LogP contribution < -0.4 is 23.8 Å². The molecule has 0 radical (unpaired) electrons. The third-order valence-electron chi connectivity index (χ3n) is 4.87. The van der Waals surface area contributed by atoms with E-state index in [9.17, 15) is 13.2 Å². The van der Waals surface area contributed by atoms with Gasteiger partial charge in [0.05, 0.1) is 42.1 Å². The fraction of sp³-hybridized carbons (Fsp3) is 0.208. The Morgan fingerprint density at radius 1 is 0.943 bits per heavy atom. The minimum Gasteiger partial charge on any atom is -0.495 e. The largest absolute Gasteiger partial charge is 0.495 e. The van der Waals surface area contributed by atoms with Crippen LogP contribution in [0.1, 0.15) is 6.92 Å². The monoisotopic (exact) mass is 538 g/mol. The van der Waals surface area contributed by atoms with Crippen molar-refractivity contribution in [3.63, 3.8) is 0 Å². The van der Waals surface area contributed by atoms with E-state index in [1.54, 1.807) is 24.3 Å². The Bertz CT molecular complexity index is 1280. The lowest BCUT2D eigenvalue weighted by molar-refractivity contribution is -0.114. The summed E-state index contributed by atoms with van der Waals surface area (Å²) in [5.74, 6) is 0.568. The summed E-state index contributed by atoms with van der Waals surface area (Å²) >= 11 is 12.1. The van der Waals surface area contributed by atoms with Gasteiger partial charge in [0.15, 0.2) is 0 Å². The second-order valence-electron chi connectivity index (χ2n) is 7.13. The number of sulfonamides is 1. The van der Waals surface area contributed by atoms with E-state index in [0.29, 0.717) is 28.2 Å². The van der Waals surface area contributed by atoms with Crippen LogP contribution in [0.2, 0.25) is 10.0 Å². The van der Waals surface area contributed by atoms with Crippen molar-refractivity contribution in [1.29, 1.82) is 0 Å². The maximum absolute atomic E-state index is 13.5. The summed E-state index contributed by atoms with van der Waals surface area (Å²) in [6.45, 7) is 1.78. The highest BCUT2D eigenvalue weighted by Crippen LogP contribution is 2.36. The molecule has 3 rings (SSSR count). The van der Waals surface area contributed by atoms with E-state index in [0.717, 1.165) is 4.31 Å². The molecule has 0 atom stereocenters. The second-order valence-corrected chi connectivity index (χ2v) is 9.83. The molecule has 0 spiro atoms. The van der Waals surface area contributed by atoms with Crippen LogP contribution in [0.3, 0.4) is 0 Å². The summed E-state index contributed by atoms with van der Waals surface area (Å²) < 4.78 is 44.0. The Hall–Kier alpha value is -3.14. The molecule has 0 saturated heterocycles. The summed E-state index contributed by atoms with van der Waals surface area (Å²) in [6.07, 6.45) is 0. The Balaban J connectivity index is 1.97. The molecule has 1 N–H and O–H groups in total. The molecule has 0 fully saturated rings. The fourth-order valence-electron chi connectivity index (χ4n) is 3.20. The van der Waals surface area contributed by atoms with Crippen LogP contribution in [0.4, 0.5) is 11.4 Å². The van der Waals surface area contributed by atoms with Crippen molar-refractivity contribution in [2.45, 2.75) is 11.8 Å². The molecule has 0 heterocycles. The summed E-state index contributed by atoms with van der Waals surface area (Å²) in [5.41, 5.74) is 0.550. The number of carbonyl (C=O) groups excluding carboxylic acids is 1. The molecule has 0 aliphatic rings. The molecule has 3 aromatic carbocycles. The molecule has 0 saturated carbocycles. The number of methoxy groups -OCH3 is 2. The SMILES string of the molecule is CCOc1ccc(N(CC(=O)Nc2cc(OC)c(Cl)cc2OC)S(=O)(=O)c2ccc(Cl)cc2)cc1. The van der Waals surface area contributed by atoms with Gasteiger partial charge in [0, 0.05) is 17.2 Å². The van der Waals surface area contributed by atoms with Crippen molar-refractivity contribution >= 4 is 50.5 Å². The Labute approximate surface area is 214 Å². The number of anilines is 2. The van der Waals surface area contributed by atoms with Crippen LogP contribution in [-0.4, -0.2) is 41.7 Å². The Morgan fingerprint density at radius 2 is 1.57 bits per heavy atom. The highest BCUT2D eigenvalue weighted by Gasteiger charge is 2.28. The summed E-state index contributed by atoms with van der Waals surface area (Å²) in [5, 5.41) is 3.36. The van der Waals surface area contributed by atoms with E-state index in [1.165, 1.54) is 50.6 Å². The van der Waals surface area contributed by atoms with Gasteiger partial charge < -0.3 is 19.5 Å². The fourth-order valence-corrected chi connectivity index (χ4v) is 4.98. The van der Waals surface area contributed by atoms with E-state index in [1.807, 2.05) is 6.92 Å². The number of halogens is 2. The van der Waals surface area contributed by atoms with Crippen LogP contribution in [0, 0.1) is 0 Å². The first-order chi connectivity index (χ1) is 16.7. The number of carbonyl (C=O) groups is 1. The first-order valence-electron chi connectivity index (χ1n) is 10.4. The number of nitrogens with one attached hydrogen (secondary N) is 1. The molecule has 35 heavy (non-hydrogen) atoms. The third-order valence-corrected chi connectivity index (χ3v) is 7.21. The van der Waals surface area contributed by atoms with Crippen LogP contribution in [0.5, 0.6) is 17.2 Å². The Morgan fingerprint density at radius 3 is 2.14 bits per heavy atom. The van der Waals surface area contributed by atoms with Crippen molar-refractivity contribution in [3.05, 3.63) is 70.7 Å². The lowest BCUT2D eigenvalue weighted by atomic mass is 10.2. The summed E-state index contributed by atoms with van der Waals surface area (Å²) in [7, 11) is -1.26. The molecule has 1 amide bonds. The van der Waals surface area contributed by atoms with Gasteiger partial charge in [-0.1, -0.05) is 23.2 Å². The van der Waals surface area contributed by atoms with Gasteiger partial charge in [-0.2, -0.15) is 0 Å². The standard InChI is InChI=1S/C24H24Cl2N2O6S/c1-4-34-18-9-7-17(8-10-18)28(35(30,31)19-11-5-16(25)6-12-19)15-24(29)27-21-14-22(32-2)20(26)13-23(21)33-3/h5-14H,4,15H2,1-3H3,(H,27,29). The van der Waals surface area contributed by atoms with Crippen LogP contribution in [0.25, 0.3) is 0 Å². The molecule has 8 nitrogen and oxygen atoms in total. The molecule has 0 unspecified atom stereocenters. The first-order valence-corrected chi connectivity index (χ1v) is 12.6. The number of amides is 1. The van der Waals surface area contributed by atoms with E-state index in [2.05, 4.69) is 5.32 Å². The second kappa shape index (κ2) is 11.5. The molecule has 0 aliphatic heterocycles. The van der Waals surface area contributed by atoms with Crippen molar-refractivity contribution in [2.24, 2.45) is 0 Å². The summed E-state index contributed by atoms with van der Waals surface area (Å²) in [6, 6.07) is 15.1. The smallest absolute Gasteiger partial charge is 0.264 e. The van der Waals surface area contributed by atoms with Gasteiger partial charge in [-0.3, -0.25) is 9.10 Å². The maximum atomic E-state index is 13.5. The normalized spacial score (nSPS) is 11.0. The van der Waals surface area contributed by atoms with Crippen molar-refractivity contribution < 1.29 is 27.4 Å². The van der Waals surface area contributed by atoms with Gasteiger partial charge in [-0.25, -0.2) is 8.42 Å². The Kier molecular flexibility index (Phi) is 8.71. The predicted octanol–water partition coefficient (Wildman–Crippen LogP) is 5.24. The van der Waals surface area contributed by atoms with Gasteiger partial charge in [-0.05, 0) is 55.5 Å². The molecular weight excluding hydrogens is 515 g/mol. The van der Waals surface area contributed by atoms with E-state index in [4.69, 9.17) is 37.4 Å². The number of hydrogen-bond acceptors (Lipinski definition) is 6. The van der Waals surface area contributed by atoms with Crippen LogP contribution in [-0.2, 0) is 14.8 Å². The minimum atomic E-state index is -4.12. The van der Waals surface area contributed by atoms with Gasteiger partial charge in [0.25, 0.3) is 10.0 Å². The lowest BCUT2D eigenvalue weighted by Crippen LogP contribution is -2.38. The van der Waals surface area contributed by atoms with Crippen LogP contribution in [0.15, 0.2) is 65.6 Å². The molecule has 11 heteroatoms. The molecule has 3 aromatic rings. The predicted molar refractivity (Wildman–Crippen MR) is 137 cm³/mol. The van der Waals surface area contributed by atoms with Gasteiger partial charge >= 0.3 is 0 Å². The van der Waals surface area contributed by atoms with E-state index in [-0.39, 0.29) is 22.0 Å². The minimum absolute atomic E-state index is 0.0191. The van der Waals surface area contributed by atoms with Crippen molar-refractivity contribution in [2.75, 3.05) is 37.0 Å². The summed E-state index contributed by atoms with van der Waals surface area (Å²) in [4.78, 5) is 13.0. The zero-order chi connectivity index (χ0) is 25.6. The van der Waals surface area contributed by atoms with Gasteiger partial charge in [-0.15, -0.1) is 0 Å². The van der Waals surface area contributed by atoms with E-state index < -0.39 is 22.5 Å². The molecule has 0 bridgehead atoms. The average molecular weight is 539 g/mol. The average Bonchev–Trinajstić information content (AvgIpc) is 2.84. The maximum Gasteiger partial charge on any atom is 0.264 e. The van der Waals surface area contributed by atoms with Crippen LogP contribution >= 0.6 is 23.2 Å². The lowest BCUT2D eigenvalue weighted by Gasteiger charge is -2.24. The van der Waals surface area contributed by atoms with E-state index >= 15 is 0 Å². The number of benzene rings is 3. The topological polar surface area (TPSA) is 94.2 Å². The zero-order valence-corrected chi connectivity index (χ0v) is 21.6. The van der Waals surface area contributed by atoms with Crippen molar-refractivity contribution in [1.82, 2.24) is 0 Å². The van der Waals surface area contributed by atoms with Crippen molar-refractivity contribution in [3.8, 4) is 17.2 Å². The zero-order valence-electron chi connectivity index (χ0n) is 19.2. The highest BCUT2D eigenvalue weighted by atomic mass is 35.5. The molecule has 186 valence electrons. The number of nitrogens with zero attached hydrogens (tertiary/aromatic N) is 1. The highest BCUT2D eigenvalue weighted by molar-refractivity contribution is 7.92. The van der Waals surface area contributed by atoms with Gasteiger partial charge in [0.1, 0.15) is 23.8 Å². The molecular formula is C24H24Cl2N2O6S. The third kappa shape index (κ3) is 6.30.